The summed E-state index contributed by atoms with van der Waals surface area (Å²) in [5.74, 6) is -1.76. The van der Waals surface area contributed by atoms with E-state index in [4.69, 9.17) is 4.74 Å². The summed E-state index contributed by atoms with van der Waals surface area (Å²) in [5, 5.41) is 20.3. The van der Waals surface area contributed by atoms with Crippen LogP contribution < -0.4 is 20.7 Å². The highest BCUT2D eigenvalue weighted by Gasteiger charge is 2.24. The standard InChI is InChI=1S/C37H42N4O7S/c1-4-49(46,47)41-32-21-30(35(43)39-25(2)28-15-9-6-10-16-28)20-31(22-32)36(44)40-33(19-26-12-7-5-8-13-26)34(42)24-38-23-27-14-11-17-29(18-27)37(45)48-3/h5-18,20-22,25,33-34,38,41-42H,4,19,23-24H2,1-3H3,(H,39,43)(H,40,44)/t25-,33?,34?/m1/s1. The van der Waals surface area contributed by atoms with Crippen LogP contribution in [0, 0.1) is 0 Å². The molecule has 258 valence electrons. The maximum atomic E-state index is 13.8. The van der Waals surface area contributed by atoms with E-state index in [0.29, 0.717) is 12.1 Å². The summed E-state index contributed by atoms with van der Waals surface area (Å²) in [4.78, 5) is 39.1. The minimum Gasteiger partial charge on any atom is -0.465 e. The number of esters is 1. The number of methoxy groups -OCH3 is 1. The number of anilines is 1. The molecule has 0 radical (unpaired) electrons. The lowest BCUT2D eigenvalue weighted by Crippen LogP contribution is -2.48. The SMILES string of the molecule is CCS(=O)(=O)Nc1cc(C(=O)NC(Cc2ccccc2)C(O)CNCc2cccc(C(=O)OC)c2)cc(C(=O)N[C@H](C)c2ccccc2)c1. The Balaban J connectivity index is 1.55. The maximum absolute atomic E-state index is 13.8. The lowest BCUT2D eigenvalue weighted by Gasteiger charge is -2.25. The van der Waals surface area contributed by atoms with Crippen molar-refractivity contribution in [3.63, 3.8) is 0 Å². The quantitative estimate of drug-likeness (QED) is 0.110. The predicted octanol–water partition coefficient (Wildman–Crippen LogP) is 4.22. The molecule has 4 rings (SSSR count). The summed E-state index contributed by atoms with van der Waals surface area (Å²) in [5.41, 5.74) is 3.13. The van der Waals surface area contributed by atoms with Crippen LogP contribution in [0.15, 0.2) is 103 Å². The van der Waals surface area contributed by atoms with Crippen LogP contribution >= 0.6 is 0 Å². The first-order valence-electron chi connectivity index (χ1n) is 15.9. The highest BCUT2D eigenvalue weighted by atomic mass is 32.2. The van der Waals surface area contributed by atoms with Gasteiger partial charge in [-0.3, -0.25) is 14.3 Å². The molecule has 2 unspecified atom stereocenters. The third-order valence-corrected chi connectivity index (χ3v) is 9.17. The topological polar surface area (TPSA) is 163 Å². The van der Waals surface area contributed by atoms with Crippen LogP contribution in [0.1, 0.15) is 67.7 Å². The van der Waals surface area contributed by atoms with Crippen molar-refractivity contribution in [3.05, 3.63) is 137 Å². The van der Waals surface area contributed by atoms with Crippen molar-refractivity contribution in [2.45, 2.75) is 45.0 Å². The fourth-order valence-corrected chi connectivity index (χ4v) is 5.76. The number of hydrogen-bond acceptors (Lipinski definition) is 8. The third kappa shape index (κ3) is 11.0. The smallest absolute Gasteiger partial charge is 0.337 e. The molecule has 4 aromatic carbocycles. The zero-order chi connectivity index (χ0) is 35.4. The van der Waals surface area contributed by atoms with Gasteiger partial charge in [0, 0.05) is 24.2 Å². The number of aliphatic hydroxyl groups is 1. The summed E-state index contributed by atoms with van der Waals surface area (Å²) in [7, 11) is -2.42. The van der Waals surface area contributed by atoms with Gasteiger partial charge < -0.3 is 25.8 Å². The van der Waals surface area contributed by atoms with Gasteiger partial charge in [-0.1, -0.05) is 72.8 Å². The van der Waals surface area contributed by atoms with Crippen LogP contribution in [0.2, 0.25) is 0 Å². The molecule has 0 aliphatic heterocycles. The Hall–Kier alpha value is -5.04. The largest absolute Gasteiger partial charge is 0.465 e. The Morgan fingerprint density at radius 2 is 1.39 bits per heavy atom. The lowest BCUT2D eigenvalue weighted by molar-refractivity contribution is 0.0600. The summed E-state index contributed by atoms with van der Waals surface area (Å²) >= 11 is 0. The van der Waals surface area contributed by atoms with E-state index in [1.807, 2.05) is 73.7 Å². The second kappa shape index (κ2) is 17.4. The normalized spacial score (nSPS) is 13.1. The van der Waals surface area contributed by atoms with Gasteiger partial charge >= 0.3 is 5.97 Å². The highest BCUT2D eigenvalue weighted by molar-refractivity contribution is 7.92. The number of rotatable bonds is 16. The van der Waals surface area contributed by atoms with Crippen LogP contribution in [0.3, 0.4) is 0 Å². The minimum absolute atomic E-state index is 0.0339. The van der Waals surface area contributed by atoms with E-state index in [0.717, 1.165) is 16.7 Å². The van der Waals surface area contributed by atoms with Crippen LogP contribution in [0.4, 0.5) is 5.69 Å². The van der Waals surface area contributed by atoms with Gasteiger partial charge in [0.2, 0.25) is 10.0 Å². The summed E-state index contributed by atoms with van der Waals surface area (Å²) < 4.78 is 32.2. The van der Waals surface area contributed by atoms with Gasteiger partial charge in [0.15, 0.2) is 0 Å². The molecule has 12 heteroatoms. The molecule has 2 amide bonds. The van der Waals surface area contributed by atoms with Gasteiger partial charge in [0.1, 0.15) is 0 Å². The molecule has 0 saturated heterocycles. The van der Waals surface area contributed by atoms with E-state index >= 15 is 0 Å². The molecular formula is C37H42N4O7S. The van der Waals surface area contributed by atoms with Gasteiger partial charge in [-0.15, -0.1) is 0 Å². The first kappa shape index (κ1) is 36.8. The molecule has 0 fully saturated rings. The zero-order valence-corrected chi connectivity index (χ0v) is 28.5. The van der Waals surface area contributed by atoms with Crippen molar-refractivity contribution in [1.29, 1.82) is 0 Å². The van der Waals surface area contributed by atoms with E-state index in [2.05, 4.69) is 20.7 Å². The molecule has 0 bridgehead atoms. The maximum Gasteiger partial charge on any atom is 0.337 e. The molecule has 5 N–H and O–H groups in total. The van der Waals surface area contributed by atoms with Crippen LogP contribution in [-0.4, -0.2) is 62.9 Å². The van der Waals surface area contributed by atoms with E-state index < -0.39 is 40.0 Å². The Bertz CT molecular complexity index is 1840. The van der Waals surface area contributed by atoms with Crippen molar-refractivity contribution in [3.8, 4) is 0 Å². The van der Waals surface area contributed by atoms with Gasteiger partial charge in [0.25, 0.3) is 11.8 Å². The number of benzene rings is 4. The molecule has 49 heavy (non-hydrogen) atoms. The Morgan fingerprint density at radius 1 is 0.776 bits per heavy atom. The molecule has 11 nitrogen and oxygen atoms in total. The van der Waals surface area contributed by atoms with Gasteiger partial charge in [-0.25, -0.2) is 13.2 Å². The molecule has 0 aliphatic rings. The molecule has 0 aromatic heterocycles. The Morgan fingerprint density at radius 3 is 2.02 bits per heavy atom. The number of amides is 2. The highest BCUT2D eigenvalue weighted by Crippen LogP contribution is 2.20. The number of sulfonamides is 1. The average Bonchev–Trinajstić information content (AvgIpc) is 3.11. The number of hydrogen-bond donors (Lipinski definition) is 5. The fourth-order valence-electron chi connectivity index (χ4n) is 5.14. The zero-order valence-electron chi connectivity index (χ0n) is 27.7. The van der Waals surface area contributed by atoms with Crippen molar-refractivity contribution < 1.29 is 32.6 Å². The monoisotopic (exact) mass is 686 g/mol. The molecule has 4 aromatic rings. The van der Waals surface area contributed by atoms with Crippen LogP contribution in [-0.2, 0) is 27.7 Å². The van der Waals surface area contributed by atoms with E-state index in [9.17, 15) is 27.9 Å². The number of nitrogens with one attached hydrogen (secondary N) is 4. The summed E-state index contributed by atoms with van der Waals surface area (Å²) in [6, 6.07) is 28.6. The van der Waals surface area contributed by atoms with Gasteiger partial charge in [0.05, 0.1) is 42.3 Å². The first-order chi connectivity index (χ1) is 23.5. The van der Waals surface area contributed by atoms with E-state index in [1.165, 1.54) is 32.2 Å². The van der Waals surface area contributed by atoms with E-state index in [1.54, 1.807) is 18.2 Å². The van der Waals surface area contributed by atoms with Gasteiger partial charge in [-0.2, -0.15) is 0 Å². The minimum atomic E-state index is -3.73. The number of carbonyl (C=O) groups excluding carboxylic acids is 3. The second-order valence-corrected chi connectivity index (χ2v) is 13.6. The first-order valence-corrected chi connectivity index (χ1v) is 17.6. The Kier molecular flexibility index (Phi) is 13.1. The third-order valence-electron chi connectivity index (χ3n) is 7.87. The molecule has 0 aliphatic carbocycles. The molecule has 3 atom stereocenters. The summed E-state index contributed by atoms with van der Waals surface area (Å²) in [6.45, 7) is 3.74. The van der Waals surface area contributed by atoms with Crippen molar-refractivity contribution in [1.82, 2.24) is 16.0 Å². The predicted molar refractivity (Wildman–Crippen MR) is 189 cm³/mol. The second-order valence-electron chi connectivity index (χ2n) is 11.6. The number of carbonyl (C=O) groups is 3. The van der Waals surface area contributed by atoms with Crippen molar-refractivity contribution >= 4 is 33.5 Å². The fraction of sp³-hybridized carbons (Fsp3) is 0.270. The molecular weight excluding hydrogens is 644 g/mol. The average molecular weight is 687 g/mol. The van der Waals surface area contributed by atoms with Crippen LogP contribution in [0.5, 0.6) is 0 Å². The van der Waals surface area contributed by atoms with Gasteiger partial charge in [-0.05, 0) is 67.3 Å². The molecule has 0 saturated carbocycles. The number of aliphatic hydroxyl groups excluding tert-OH is 1. The van der Waals surface area contributed by atoms with Crippen molar-refractivity contribution in [2.24, 2.45) is 0 Å². The van der Waals surface area contributed by atoms with E-state index in [-0.39, 0.29) is 41.6 Å². The lowest BCUT2D eigenvalue weighted by atomic mass is 10.00. The molecule has 0 spiro atoms. The Labute approximate surface area is 287 Å². The van der Waals surface area contributed by atoms with Crippen molar-refractivity contribution in [2.75, 3.05) is 24.1 Å². The summed E-state index contributed by atoms with van der Waals surface area (Å²) in [6.07, 6.45) is -0.763. The number of ether oxygens (including phenoxy) is 1. The van der Waals surface area contributed by atoms with Crippen LogP contribution in [0.25, 0.3) is 0 Å². The molecule has 0 heterocycles.